The standard InChI is InChI=1S/C13H16ClFN4/c1-4-16-8(2)13-9(3)19(18-17-13)10-5-6-11(14)12(15)7-10/h5-8,16H,4H2,1-3H3. The fraction of sp³-hybridized carbons (Fsp3) is 0.385. The van der Waals surface area contributed by atoms with Crippen molar-refractivity contribution in [2.24, 2.45) is 0 Å². The van der Waals surface area contributed by atoms with Crippen LogP contribution in [0.3, 0.4) is 0 Å². The van der Waals surface area contributed by atoms with Crippen LogP contribution in [0.1, 0.15) is 31.3 Å². The third kappa shape index (κ3) is 2.77. The fourth-order valence-electron chi connectivity index (χ4n) is 2.01. The second kappa shape index (κ2) is 5.67. The van der Waals surface area contributed by atoms with Crippen LogP contribution in [-0.2, 0) is 0 Å². The van der Waals surface area contributed by atoms with Crippen molar-refractivity contribution >= 4 is 11.6 Å². The zero-order valence-electron chi connectivity index (χ0n) is 11.1. The van der Waals surface area contributed by atoms with Crippen molar-refractivity contribution in [3.05, 3.63) is 40.4 Å². The second-order valence-corrected chi connectivity index (χ2v) is 4.76. The Bertz CT molecular complexity index is 582. The topological polar surface area (TPSA) is 42.7 Å². The predicted octanol–water partition coefficient (Wildman–Crippen LogP) is 3.04. The van der Waals surface area contributed by atoms with Gasteiger partial charge in [0, 0.05) is 6.07 Å². The lowest BCUT2D eigenvalue weighted by Gasteiger charge is -2.10. The van der Waals surface area contributed by atoms with Crippen molar-refractivity contribution in [3.8, 4) is 5.69 Å². The van der Waals surface area contributed by atoms with Crippen LogP contribution < -0.4 is 5.32 Å². The Morgan fingerprint density at radius 2 is 2.21 bits per heavy atom. The van der Waals surface area contributed by atoms with E-state index in [1.54, 1.807) is 10.7 Å². The SMILES string of the molecule is CCNC(C)c1nnn(-c2ccc(Cl)c(F)c2)c1C. The lowest BCUT2D eigenvalue weighted by atomic mass is 10.2. The van der Waals surface area contributed by atoms with Crippen LogP contribution in [0.15, 0.2) is 18.2 Å². The van der Waals surface area contributed by atoms with Gasteiger partial charge < -0.3 is 5.32 Å². The number of nitrogens with one attached hydrogen (secondary N) is 1. The van der Waals surface area contributed by atoms with Crippen LogP contribution in [0.25, 0.3) is 5.69 Å². The Balaban J connectivity index is 2.38. The molecule has 0 fully saturated rings. The molecule has 19 heavy (non-hydrogen) atoms. The fourth-order valence-corrected chi connectivity index (χ4v) is 2.12. The minimum absolute atomic E-state index is 0.0998. The molecular weight excluding hydrogens is 267 g/mol. The number of aromatic nitrogens is 3. The van der Waals surface area contributed by atoms with Gasteiger partial charge in [0.2, 0.25) is 0 Å². The van der Waals surface area contributed by atoms with Gasteiger partial charge in [0.1, 0.15) is 11.5 Å². The van der Waals surface area contributed by atoms with Gasteiger partial charge in [0.15, 0.2) is 0 Å². The Morgan fingerprint density at radius 1 is 1.47 bits per heavy atom. The first-order chi connectivity index (χ1) is 9.04. The van der Waals surface area contributed by atoms with Gasteiger partial charge in [0.25, 0.3) is 0 Å². The second-order valence-electron chi connectivity index (χ2n) is 4.35. The zero-order chi connectivity index (χ0) is 14.0. The molecule has 0 aliphatic heterocycles. The van der Waals surface area contributed by atoms with Gasteiger partial charge >= 0.3 is 0 Å². The first-order valence-corrected chi connectivity index (χ1v) is 6.53. The van der Waals surface area contributed by atoms with E-state index in [-0.39, 0.29) is 11.1 Å². The molecule has 1 unspecified atom stereocenters. The van der Waals surface area contributed by atoms with E-state index in [4.69, 9.17) is 11.6 Å². The molecule has 1 aromatic carbocycles. The highest BCUT2D eigenvalue weighted by atomic mass is 35.5. The van der Waals surface area contributed by atoms with Crippen molar-refractivity contribution in [2.45, 2.75) is 26.8 Å². The number of hydrogen-bond acceptors (Lipinski definition) is 3. The summed E-state index contributed by atoms with van der Waals surface area (Å²) in [5.74, 6) is -0.463. The maximum atomic E-state index is 13.5. The Kier molecular flexibility index (Phi) is 4.17. The maximum absolute atomic E-state index is 13.5. The third-order valence-electron chi connectivity index (χ3n) is 3.00. The average Bonchev–Trinajstić information content (AvgIpc) is 2.75. The number of benzene rings is 1. The van der Waals surface area contributed by atoms with E-state index in [0.717, 1.165) is 17.9 Å². The molecule has 0 spiro atoms. The Morgan fingerprint density at radius 3 is 2.84 bits per heavy atom. The summed E-state index contributed by atoms with van der Waals surface area (Å²) in [6.45, 7) is 6.82. The van der Waals surface area contributed by atoms with E-state index >= 15 is 0 Å². The van der Waals surface area contributed by atoms with E-state index in [1.165, 1.54) is 12.1 Å². The van der Waals surface area contributed by atoms with Crippen molar-refractivity contribution < 1.29 is 4.39 Å². The number of rotatable bonds is 4. The number of halogens is 2. The quantitative estimate of drug-likeness (QED) is 0.937. The highest BCUT2D eigenvalue weighted by molar-refractivity contribution is 6.30. The van der Waals surface area contributed by atoms with Gasteiger partial charge in [-0.15, -0.1) is 5.10 Å². The highest BCUT2D eigenvalue weighted by Crippen LogP contribution is 2.21. The van der Waals surface area contributed by atoms with E-state index in [9.17, 15) is 4.39 Å². The molecule has 2 aromatic rings. The summed E-state index contributed by atoms with van der Waals surface area (Å²) in [5, 5.41) is 11.6. The summed E-state index contributed by atoms with van der Waals surface area (Å²) in [7, 11) is 0. The molecule has 1 atom stereocenters. The molecule has 102 valence electrons. The molecule has 0 aliphatic carbocycles. The lowest BCUT2D eigenvalue weighted by molar-refractivity contribution is 0.579. The molecule has 0 radical (unpaired) electrons. The summed E-state index contributed by atoms with van der Waals surface area (Å²) in [6.07, 6.45) is 0. The normalized spacial score (nSPS) is 12.7. The summed E-state index contributed by atoms with van der Waals surface area (Å²) in [4.78, 5) is 0. The molecule has 0 aliphatic rings. The largest absolute Gasteiger partial charge is 0.309 e. The monoisotopic (exact) mass is 282 g/mol. The summed E-state index contributed by atoms with van der Waals surface area (Å²) in [6, 6.07) is 4.69. The molecule has 0 amide bonds. The summed E-state index contributed by atoms with van der Waals surface area (Å²) < 4.78 is 15.1. The Hall–Kier alpha value is -1.46. The molecule has 1 heterocycles. The first kappa shape index (κ1) is 14.0. The van der Waals surface area contributed by atoms with Gasteiger partial charge in [0.05, 0.1) is 22.4 Å². The van der Waals surface area contributed by atoms with Gasteiger partial charge in [-0.3, -0.25) is 0 Å². The van der Waals surface area contributed by atoms with Crippen molar-refractivity contribution in [1.29, 1.82) is 0 Å². The summed E-state index contributed by atoms with van der Waals surface area (Å²) >= 11 is 5.67. The average molecular weight is 283 g/mol. The molecule has 2 rings (SSSR count). The molecular formula is C13H16ClFN4. The molecule has 4 nitrogen and oxygen atoms in total. The predicted molar refractivity (Wildman–Crippen MR) is 73.2 cm³/mol. The number of nitrogens with zero attached hydrogens (tertiary/aromatic N) is 3. The van der Waals surface area contributed by atoms with Gasteiger partial charge in [-0.2, -0.15) is 0 Å². The smallest absolute Gasteiger partial charge is 0.143 e. The van der Waals surface area contributed by atoms with E-state index in [0.29, 0.717) is 5.69 Å². The molecule has 0 bridgehead atoms. The highest BCUT2D eigenvalue weighted by Gasteiger charge is 2.16. The van der Waals surface area contributed by atoms with Crippen LogP contribution in [0.4, 0.5) is 4.39 Å². The lowest BCUT2D eigenvalue weighted by Crippen LogP contribution is -2.19. The van der Waals surface area contributed by atoms with Crippen LogP contribution in [0.5, 0.6) is 0 Å². The minimum atomic E-state index is -0.463. The van der Waals surface area contributed by atoms with Gasteiger partial charge in [-0.05, 0) is 32.5 Å². The first-order valence-electron chi connectivity index (χ1n) is 6.15. The minimum Gasteiger partial charge on any atom is -0.309 e. The molecule has 1 N–H and O–H groups in total. The summed E-state index contributed by atoms with van der Waals surface area (Å²) in [5.41, 5.74) is 2.36. The molecule has 1 aromatic heterocycles. The van der Waals surface area contributed by atoms with Crippen LogP contribution in [0, 0.1) is 12.7 Å². The molecule has 0 saturated carbocycles. The Labute approximate surface area is 116 Å². The van der Waals surface area contributed by atoms with Crippen molar-refractivity contribution in [3.63, 3.8) is 0 Å². The van der Waals surface area contributed by atoms with Crippen LogP contribution in [0.2, 0.25) is 5.02 Å². The van der Waals surface area contributed by atoms with E-state index in [1.807, 2.05) is 20.8 Å². The van der Waals surface area contributed by atoms with E-state index in [2.05, 4.69) is 15.6 Å². The maximum Gasteiger partial charge on any atom is 0.143 e. The van der Waals surface area contributed by atoms with Gasteiger partial charge in [-0.25, -0.2) is 9.07 Å². The van der Waals surface area contributed by atoms with Crippen LogP contribution >= 0.6 is 11.6 Å². The van der Waals surface area contributed by atoms with Crippen molar-refractivity contribution in [1.82, 2.24) is 20.3 Å². The third-order valence-corrected chi connectivity index (χ3v) is 3.31. The molecule has 0 saturated heterocycles. The van der Waals surface area contributed by atoms with Crippen molar-refractivity contribution in [2.75, 3.05) is 6.54 Å². The van der Waals surface area contributed by atoms with Crippen LogP contribution in [-0.4, -0.2) is 21.5 Å². The number of hydrogen-bond donors (Lipinski definition) is 1. The zero-order valence-corrected chi connectivity index (χ0v) is 11.9. The molecule has 6 heteroatoms. The van der Waals surface area contributed by atoms with Gasteiger partial charge in [-0.1, -0.05) is 23.7 Å². The van der Waals surface area contributed by atoms with E-state index < -0.39 is 5.82 Å².